The Morgan fingerprint density at radius 3 is 3.11 bits per heavy atom. The third kappa shape index (κ3) is 2.45. The molecule has 4 heteroatoms. The highest BCUT2D eigenvalue weighted by atomic mass is 16.2. The monoisotopic (exact) mass is 259 g/mol. The van der Waals surface area contributed by atoms with Gasteiger partial charge in [0, 0.05) is 25.3 Å². The summed E-state index contributed by atoms with van der Waals surface area (Å²) in [5, 5.41) is 3.02. The summed E-state index contributed by atoms with van der Waals surface area (Å²) in [6, 6.07) is 6.14. The van der Waals surface area contributed by atoms with Gasteiger partial charge in [0.1, 0.15) is 0 Å². The Hall–Kier alpha value is -1.55. The number of nitrogen functional groups attached to an aromatic ring is 1. The summed E-state index contributed by atoms with van der Waals surface area (Å²) < 4.78 is 0. The molecular weight excluding hydrogens is 238 g/mol. The standard InChI is InChI=1S/C15H21N3O/c16-13-5-3-4-11-10-18(9-7-12(11)13)14-6-1-2-8-17-15(14)19/h3-5,14H,1-2,6-10,16H2,(H,17,19). The summed E-state index contributed by atoms with van der Waals surface area (Å²) in [4.78, 5) is 14.4. The quantitative estimate of drug-likeness (QED) is 0.747. The lowest BCUT2D eigenvalue weighted by Gasteiger charge is -2.34. The molecule has 1 aromatic rings. The summed E-state index contributed by atoms with van der Waals surface area (Å²) in [5.41, 5.74) is 9.46. The smallest absolute Gasteiger partial charge is 0.237 e. The number of hydrogen-bond acceptors (Lipinski definition) is 3. The first-order valence-corrected chi connectivity index (χ1v) is 7.14. The molecule has 2 aliphatic heterocycles. The van der Waals surface area contributed by atoms with Crippen LogP contribution in [-0.4, -0.2) is 29.9 Å². The van der Waals surface area contributed by atoms with Crippen LogP contribution in [0, 0.1) is 0 Å². The average Bonchev–Trinajstić information content (AvgIpc) is 2.63. The lowest BCUT2D eigenvalue weighted by Crippen LogP contribution is -2.47. The van der Waals surface area contributed by atoms with Crippen molar-refractivity contribution in [3.05, 3.63) is 29.3 Å². The van der Waals surface area contributed by atoms with Gasteiger partial charge in [-0.25, -0.2) is 0 Å². The van der Waals surface area contributed by atoms with E-state index in [4.69, 9.17) is 5.73 Å². The second-order valence-electron chi connectivity index (χ2n) is 5.51. The molecular formula is C15H21N3O. The zero-order valence-corrected chi connectivity index (χ0v) is 11.2. The average molecular weight is 259 g/mol. The van der Waals surface area contributed by atoms with E-state index in [2.05, 4.69) is 16.3 Å². The largest absolute Gasteiger partial charge is 0.398 e. The highest BCUT2D eigenvalue weighted by Gasteiger charge is 2.29. The summed E-state index contributed by atoms with van der Waals surface area (Å²) >= 11 is 0. The van der Waals surface area contributed by atoms with Gasteiger partial charge in [0.25, 0.3) is 0 Å². The number of nitrogens with one attached hydrogen (secondary N) is 1. The van der Waals surface area contributed by atoms with Crippen LogP contribution in [-0.2, 0) is 17.8 Å². The predicted molar refractivity (Wildman–Crippen MR) is 75.6 cm³/mol. The first kappa shape index (κ1) is 12.5. The number of hydrogen-bond donors (Lipinski definition) is 2. The Bertz CT molecular complexity index is 486. The fourth-order valence-corrected chi connectivity index (χ4v) is 3.20. The van der Waals surface area contributed by atoms with Crippen molar-refractivity contribution in [2.45, 2.75) is 38.3 Å². The fraction of sp³-hybridized carbons (Fsp3) is 0.533. The Balaban J connectivity index is 1.79. The maximum atomic E-state index is 12.1. The molecule has 1 unspecified atom stereocenters. The zero-order valence-electron chi connectivity index (χ0n) is 11.2. The van der Waals surface area contributed by atoms with Crippen LogP contribution < -0.4 is 11.1 Å². The molecule has 0 aromatic heterocycles. The Kier molecular flexibility index (Phi) is 3.42. The molecule has 0 bridgehead atoms. The third-order valence-corrected chi connectivity index (χ3v) is 4.28. The minimum atomic E-state index is 0.0390. The summed E-state index contributed by atoms with van der Waals surface area (Å²) in [6.07, 6.45) is 4.15. The minimum absolute atomic E-state index is 0.0390. The molecule has 1 amide bonds. The number of nitrogens with zero attached hydrogens (tertiary/aromatic N) is 1. The Labute approximate surface area is 114 Å². The van der Waals surface area contributed by atoms with E-state index in [9.17, 15) is 4.79 Å². The molecule has 1 fully saturated rings. The summed E-state index contributed by atoms with van der Waals surface area (Å²) in [5.74, 6) is 0.199. The van der Waals surface area contributed by atoms with Crippen molar-refractivity contribution in [2.24, 2.45) is 0 Å². The van der Waals surface area contributed by atoms with Crippen LogP contribution in [0.3, 0.4) is 0 Å². The minimum Gasteiger partial charge on any atom is -0.398 e. The lowest BCUT2D eigenvalue weighted by molar-refractivity contribution is -0.126. The third-order valence-electron chi connectivity index (χ3n) is 4.28. The number of carbonyl (C=O) groups is 1. The lowest BCUT2D eigenvalue weighted by atomic mass is 9.96. The van der Waals surface area contributed by atoms with Crippen molar-refractivity contribution in [3.8, 4) is 0 Å². The van der Waals surface area contributed by atoms with Gasteiger partial charge in [0.2, 0.25) is 5.91 Å². The first-order valence-electron chi connectivity index (χ1n) is 7.14. The van der Waals surface area contributed by atoms with Crippen LogP contribution in [0.5, 0.6) is 0 Å². The van der Waals surface area contributed by atoms with Crippen molar-refractivity contribution in [1.82, 2.24) is 10.2 Å². The Morgan fingerprint density at radius 2 is 2.21 bits per heavy atom. The molecule has 0 spiro atoms. The number of fused-ring (bicyclic) bond motifs is 1. The van der Waals surface area contributed by atoms with Crippen LogP contribution in [0.1, 0.15) is 30.4 Å². The van der Waals surface area contributed by atoms with E-state index in [0.29, 0.717) is 0 Å². The highest BCUT2D eigenvalue weighted by Crippen LogP contribution is 2.26. The van der Waals surface area contributed by atoms with Crippen LogP contribution in [0.15, 0.2) is 18.2 Å². The number of benzene rings is 1. The van der Waals surface area contributed by atoms with E-state index in [0.717, 1.165) is 51.0 Å². The normalized spacial score (nSPS) is 24.4. The molecule has 102 valence electrons. The molecule has 4 nitrogen and oxygen atoms in total. The summed E-state index contributed by atoms with van der Waals surface area (Å²) in [7, 11) is 0. The van der Waals surface area contributed by atoms with Gasteiger partial charge in [-0.05, 0) is 42.9 Å². The molecule has 1 atom stereocenters. The van der Waals surface area contributed by atoms with E-state index >= 15 is 0 Å². The van der Waals surface area contributed by atoms with Crippen molar-refractivity contribution >= 4 is 11.6 Å². The van der Waals surface area contributed by atoms with Crippen LogP contribution in [0.4, 0.5) is 5.69 Å². The first-order chi connectivity index (χ1) is 9.25. The maximum Gasteiger partial charge on any atom is 0.237 e. The molecule has 2 aliphatic rings. The molecule has 1 saturated heterocycles. The maximum absolute atomic E-state index is 12.1. The van der Waals surface area contributed by atoms with Gasteiger partial charge in [0.05, 0.1) is 6.04 Å². The molecule has 2 heterocycles. The van der Waals surface area contributed by atoms with E-state index in [1.807, 2.05) is 12.1 Å². The molecule has 0 radical (unpaired) electrons. The number of nitrogens with two attached hydrogens (primary N) is 1. The van der Waals surface area contributed by atoms with Gasteiger partial charge in [-0.15, -0.1) is 0 Å². The zero-order chi connectivity index (χ0) is 13.2. The van der Waals surface area contributed by atoms with Crippen molar-refractivity contribution < 1.29 is 4.79 Å². The predicted octanol–water partition coefficient (Wildman–Crippen LogP) is 1.30. The van der Waals surface area contributed by atoms with E-state index < -0.39 is 0 Å². The number of rotatable bonds is 1. The van der Waals surface area contributed by atoms with Crippen LogP contribution in [0.25, 0.3) is 0 Å². The Morgan fingerprint density at radius 1 is 1.32 bits per heavy atom. The second kappa shape index (κ2) is 5.21. The van der Waals surface area contributed by atoms with Gasteiger partial charge >= 0.3 is 0 Å². The number of carbonyl (C=O) groups excluding carboxylic acids is 1. The number of anilines is 1. The topological polar surface area (TPSA) is 58.4 Å². The van der Waals surface area contributed by atoms with Gasteiger partial charge in [0.15, 0.2) is 0 Å². The van der Waals surface area contributed by atoms with Crippen molar-refractivity contribution in [3.63, 3.8) is 0 Å². The molecule has 1 aromatic carbocycles. The molecule has 0 aliphatic carbocycles. The van der Waals surface area contributed by atoms with Gasteiger partial charge in [-0.3, -0.25) is 9.69 Å². The highest BCUT2D eigenvalue weighted by molar-refractivity contribution is 5.82. The molecule has 19 heavy (non-hydrogen) atoms. The van der Waals surface area contributed by atoms with E-state index in [1.54, 1.807) is 0 Å². The van der Waals surface area contributed by atoms with Gasteiger partial charge in [-0.1, -0.05) is 12.1 Å². The van der Waals surface area contributed by atoms with Crippen molar-refractivity contribution in [2.75, 3.05) is 18.8 Å². The second-order valence-corrected chi connectivity index (χ2v) is 5.51. The van der Waals surface area contributed by atoms with Gasteiger partial charge < -0.3 is 11.1 Å². The van der Waals surface area contributed by atoms with Crippen molar-refractivity contribution in [1.29, 1.82) is 0 Å². The number of amides is 1. The molecule has 3 N–H and O–H groups in total. The van der Waals surface area contributed by atoms with E-state index in [-0.39, 0.29) is 11.9 Å². The SMILES string of the molecule is Nc1cccc2c1CCN(C1CCCCNC1=O)C2. The van der Waals surface area contributed by atoms with E-state index in [1.165, 1.54) is 11.1 Å². The summed E-state index contributed by atoms with van der Waals surface area (Å²) in [6.45, 7) is 2.60. The van der Waals surface area contributed by atoms with Crippen LogP contribution >= 0.6 is 0 Å². The molecule has 0 saturated carbocycles. The molecule has 3 rings (SSSR count). The van der Waals surface area contributed by atoms with Gasteiger partial charge in [-0.2, -0.15) is 0 Å². The fourth-order valence-electron chi connectivity index (χ4n) is 3.20. The van der Waals surface area contributed by atoms with Crippen LogP contribution in [0.2, 0.25) is 0 Å².